The van der Waals surface area contributed by atoms with E-state index in [2.05, 4.69) is 21.9 Å². The van der Waals surface area contributed by atoms with Gasteiger partial charge in [0.2, 0.25) is 0 Å². The van der Waals surface area contributed by atoms with Crippen molar-refractivity contribution >= 4 is 5.69 Å². The fraction of sp³-hybridized carbons (Fsp3) is 0.556. The van der Waals surface area contributed by atoms with Gasteiger partial charge in [-0.05, 0) is 68.6 Å². The molecule has 5 rings (SSSR count). The van der Waals surface area contributed by atoms with Gasteiger partial charge in [-0.25, -0.2) is 0 Å². The molecule has 0 aliphatic carbocycles. The molecule has 0 aromatic heterocycles. The van der Waals surface area contributed by atoms with Gasteiger partial charge in [-0.3, -0.25) is 4.90 Å². The number of benzene rings is 2. The minimum absolute atomic E-state index is 0.0524. The number of hydrogen-bond donors (Lipinski definition) is 2. The average molecular weight is 452 g/mol. The third kappa shape index (κ3) is 5.58. The van der Waals surface area contributed by atoms with Gasteiger partial charge in [0, 0.05) is 36.8 Å². The largest absolute Gasteiger partial charge is 0.399 e. The molecule has 178 valence electrons. The SMILES string of the molecule is Nc1cccc([C@@H]2O[C@H](CN3CCC[C@H]3CN3CCCC3)C[C@H](c3ccc(CO)cc3)O2)c1. The van der Waals surface area contributed by atoms with Crippen molar-refractivity contribution in [1.82, 2.24) is 9.80 Å². The van der Waals surface area contributed by atoms with Crippen molar-refractivity contribution in [3.05, 3.63) is 65.2 Å². The van der Waals surface area contributed by atoms with Gasteiger partial charge in [0.15, 0.2) is 6.29 Å². The molecule has 3 heterocycles. The average Bonchev–Trinajstić information content (AvgIpc) is 3.52. The first-order valence-electron chi connectivity index (χ1n) is 12.5. The summed E-state index contributed by atoms with van der Waals surface area (Å²) in [6.45, 7) is 5.83. The summed E-state index contributed by atoms with van der Waals surface area (Å²) in [5.74, 6) is 0. The van der Waals surface area contributed by atoms with Gasteiger partial charge in [0.05, 0.1) is 18.8 Å². The fourth-order valence-corrected chi connectivity index (χ4v) is 5.61. The lowest BCUT2D eigenvalue weighted by Crippen LogP contribution is -2.45. The lowest BCUT2D eigenvalue weighted by Gasteiger charge is -2.39. The van der Waals surface area contributed by atoms with E-state index in [9.17, 15) is 5.11 Å². The van der Waals surface area contributed by atoms with Crippen molar-refractivity contribution in [2.75, 3.05) is 38.5 Å². The van der Waals surface area contributed by atoms with Gasteiger partial charge in [-0.2, -0.15) is 0 Å². The summed E-state index contributed by atoms with van der Waals surface area (Å²) < 4.78 is 13.0. The van der Waals surface area contributed by atoms with Crippen LogP contribution < -0.4 is 5.73 Å². The van der Waals surface area contributed by atoms with Gasteiger partial charge in [0.1, 0.15) is 0 Å². The summed E-state index contributed by atoms with van der Waals surface area (Å²) in [7, 11) is 0. The van der Waals surface area contributed by atoms with Gasteiger partial charge in [0.25, 0.3) is 0 Å². The third-order valence-corrected chi connectivity index (χ3v) is 7.40. The van der Waals surface area contributed by atoms with Crippen LogP contribution in [-0.2, 0) is 16.1 Å². The van der Waals surface area contributed by atoms with E-state index in [0.29, 0.717) is 6.04 Å². The van der Waals surface area contributed by atoms with Gasteiger partial charge in [-0.1, -0.05) is 36.4 Å². The van der Waals surface area contributed by atoms with Crippen LogP contribution in [0.2, 0.25) is 0 Å². The molecule has 6 nitrogen and oxygen atoms in total. The number of hydrogen-bond acceptors (Lipinski definition) is 6. The number of likely N-dealkylation sites (tertiary alicyclic amines) is 2. The maximum Gasteiger partial charge on any atom is 0.185 e. The summed E-state index contributed by atoms with van der Waals surface area (Å²) in [6.07, 6.45) is 5.66. The van der Waals surface area contributed by atoms with Gasteiger partial charge in [-0.15, -0.1) is 0 Å². The zero-order valence-corrected chi connectivity index (χ0v) is 19.4. The molecule has 2 aromatic rings. The Balaban J connectivity index is 1.32. The highest BCUT2D eigenvalue weighted by Gasteiger charge is 2.36. The molecule has 3 saturated heterocycles. The molecule has 0 saturated carbocycles. The molecule has 33 heavy (non-hydrogen) atoms. The molecule has 0 spiro atoms. The zero-order valence-electron chi connectivity index (χ0n) is 19.4. The first-order chi connectivity index (χ1) is 16.2. The Hall–Kier alpha value is -1.96. The van der Waals surface area contributed by atoms with E-state index in [1.165, 1.54) is 45.3 Å². The third-order valence-electron chi connectivity index (χ3n) is 7.40. The molecule has 3 N–H and O–H groups in total. The molecule has 3 aliphatic rings. The Labute approximate surface area is 197 Å². The van der Waals surface area contributed by atoms with Crippen LogP contribution in [0.5, 0.6) is 0 Å². The van der Waals surface area contributed by atoms with Crippen molar-refractivity contribution in [3.63, 3.8) is 0 Å². The second kappa shape index (κ2) is 10.5. The van der Waals surface area contributed by atoms with E-state index in [1.807, 2.05) is 36.4 Å². The van der Waals surface area contributed by atoms with Crippen LogP contribution in [0.3, 0.4) is 0 Å². The molecule has 0 unspecified atom stereocenters. The van der Waals surface area contributed by atoms with E-state index < -0.39 is 6.29 Å². The molecular formula is C27H37N3O3. The van der Waals surface area contributed by atoms with Crippen LogP contribution in [0.15, 0.2) is 48.5 Å². The Morgan fingerprint density at radius 2 is 1.73 bits per heavy atom. The van der Waals surface area contributed by atoms with Crippen molar-refractivity contribution < 1.29 is 14.6 Å². The lowest BCUT2D eigenvalue weighted by atomic mass is 9.99. The fourth-order valence-electron chi connectivity index (χ4n) is 5.61. The number of rotatable bonds is 7. The molecular weight excluding hydrogens is 414 g/mol. The number of aliphatic hydroxyl groups excluding tert-OH is 1. The maximum absolute atomic E-state index is 9.41. The number of nitrogens with zero attached hydrogens (tertiary/aromatic N) is 2. The van der Waals surface area contributed by atoms with Gasteiger partial charge < -0.3 is 25.2 Å². The first-order valence-corrected chi connectivity index (χ1v) is 12.5. The number of nitrogens with two attached hydrogens (primary N) is 1. The van der Waals surface area contributed by atoms with E-state index >= 15 is 0 Å². The van der Waals surface area contributed by atoms with E-state index in [-0.39, 0.29) is 18.8 Å². The van der Waals surface area contributed by atoms with Crippen LogP contribution >= 0.6 is 0 Å². The highest BCUT2D eigenvalue weighted by Crippen LogP contribution is 2.39. The van der Waals surface area contributed by atoms with Crippen molar-refractivity contribution in [2.24, 2.45) is 0 Å². The summed E-state index contributed by atoms with van der Waals surface area (Å²) in [5.41, 5.74) is 9.78. The number of ether oxygens (including phenoxy) is 2. The van der Waals surface area contributed by atoms with Crippen LogP contribution in [0, 0.1) is 0 Å². The molecule has 0 radical (unpaired) electrons. The van der Waals surface area contributed by atoms with E-state index in [1.54, 1.807) is 0 Å². The van der Waals surface area contributed by atoms with E-state index in [0.717, 1.165) is 41.9 Å². The Morgan fingerprint density at radius 1 is 0.909 bits per heavy atom. The summed E-state index contributed by atoms with van der Waals surface area (Å²) in [5, 5.41) is 9.41. The van der Waals surface area contributed by atoms with Gasteiger partial charge >= 0.3 is 0 Å². The highest BCUT2D eigenvalue weighted by atomic mass is 16.7. The van der Waals surface area contributed by atoms with Crippen molar-refractivity contribution in [1.29, 1.82) is 0 Å². The molecule has 2 aromatic carbocycles. The summed E-state index contributed by atoms with van der Waals surface area (Å²) in [4.78, 5) is 5.28. The Kier molecular flexibility index (Phi) is 7.28. The molecule has 6 heteroatoms. The minimum atomic E-state index is -0.436. The molecule has 0 amide bonds. The zero-order chi connectivity index (χ0) is 22.6. The van der Waals surface area contributed by atoms with Crippen LogP contribution in [0.25, 0.3) is 0 Å². The molecule has 3 fully saturated rings. The Morgan fingerprint density at radius 3 is 2.48 bits per heavy atom. The molecule has 0 bridgehead atoms. The van der Waals surface area contributed by atoms with Crippen molar-refractivity contribution in [3.8, 4) is 0 Å². The normalized spacial score (nSPS) is 29.0. The number of nitrogen functional groups attached to an aromatic ring is 1. The van der Waals surface area contributed by atoms with Crippen molar-refractivity contribution in [2.45, 2.75) is 63.3 Å². The standard InChI is InChI=1S/C27H37N3O3/c28-23-6-3-5-22(15-23)27-32-25(16-26(33-27)21-10-8-20(19-31)9-11-21)18-30-14-4-7-24(30)17-29-12-1-2-13-29/h3,5-6,8-11,15,24-27,31H,1-2,4,7,12-14,16-19,28H2/t24-,25-,26+,27+/m0/s1. The quantitative estimate of drug-likeness (QED) is 0.623. The molecule has 4 atom stereocenters. The summed E-state index contributed by atoms with van der Waals surface area (Å²) in [6, 6.07) is 16.5. The minimum Gasteiger partial charge on any atom is -0.399 e. The predicted molar refractivity (Wildman–Crippen MR) is 130 cm³/mol. The number of aliphatic hydroxyl groups is 1. The summed E-state index contributed by atoms with van der Waals surface area (Å²) >= 11 is 0. The second-order valence-electron chi connectivity index (χ2n) is 9.82. The van der Waals surface area contributed by atoms with Crippen LogP contribution in [-0.4, -0.2) is 59.8 Å². The Bertz CT molecular complexity index is 900. The van der Waals surface area contributed by atoms with Crippen LogP contribution in [0.4, 0.5) is 5.69 Å². The highest BCUT2D eigenvalue weighted by molar-refractivity contribution is 5.41. The number of anilines is 1. The predicted octanol–water partition coefficient (Wildman–Crippen LogP) is 3.87. The van der Waals surface area contributed by atoms with Crippen LogP contribution in [0.1, 0.15) is 61.2 Å². The first kappa shape index (κ1) is 22.8. The lowest BCUT2D eigenvalue weighted by molar-refractivity contribution is -0.253. The smallest absolute Gasteiger partial charge is 0.185 e. The second-order valence-corrected chi connectivity index (χ2v) is 9.82. The topological polar surface area (TPSA) is 71.2 Å². The monoisotopic (exact) mass is 451 g/mol. The maximum atomic E-state index is 9.41. The molecule has 3 aliphatic heterocycles. The van der Waals surface area contributed by atoms with E-state index in [4.69, 9.17) is 15.2 Å².